The molecule has 0 bridgehead atoms. The third kappa shape index (κ3) is 9.38. The predicted molar refractivity (Wildman–Crippen MR) is 201 cm³/mol. The minimum atomic E-state index is -0.282. The van der Waals surface area contributed by atoms with E-state index in [2.05, 4.69) is 35.9 Å². The summed E-state index contributed by atoms with van der Waals surface area (Å²) in [5, 5.41) is 10.7. The second kappa shape index (κ2) is 16.0. The molecule has 0 radical (unpaired) electrons. The number of nitrogens with zero attached hydrogens (tertiary/aromatic N) is 2. The summed E-state index contributed by atoms with van der Waals surface area (Å²) in [5.41, 5.74) is 25.5. The Morgan fingerprint density at radius 2 is 1.12 bits per heavy atom. The molecule has 2 aromatic carbocycles. The van der Waals surface area contributed by atoms with Crippen LogP contribution in [0.5, 0.6) is 0 Å². The summed E-state index contributed by atoms with van der Waals surface area (Å²) in [6, 6.07) is 14.3. The van der Waals surface area contributed by atoms with E-state index in [-0.39, 0.29) is 29.6 Å². The lowest BCUT2D eigenvalue weighted by atomic mass is 9.81. The molecule has 51 heavy (non-hydrogen) atoms. The van der Waals surface area contributed by atoms with Crippen LogP contribution in [-0.4, -0.2) is 65.8 Å². The molecule has 4 aromatic rings. The molecule has 2 aliphatic rings. The molecule has 270 valence electrons. The second-order valence-electron chi connectivity index (χ2n) is 14.2. The van der Waals surface area contributed by atoms with E-state index in [1.165, 1.54) is 0 Å². The Hall–Kier alpha value is -5.53. The number of guanidine groups is 2. The number of carbonyl (C=O) groups is 3. The number of hydrogen-bond donors (Lipinski definition) is 9. The fourth-order valence-corrected chi connectivity index (χ4v) is 7.57. The smallest absolute Gasteiger partial charge is 0.267 e. The lowest BCUT2D eigenvalue weighted by Gasteiger charge is -2.28. The van der Waals surface area contributed by atoms with Crippen LogP contribution in [0, 0.1) is 23.7 Å². The summed E-state index contributed by atoms with van der Waals surface area (Å²) >= 11 is 0. The Bertz CT molecular complexity index is 1940. The van der Waals surface area contributed by atoms with Crippen molar-refractivity contribution < 1.29 is 14.4 Å². The lowest BCUT2D eigenvalue weighted by Crippen LogP contribution is -2.32. The van der Waals surface area contributed by atoms with Crippen LogP contribution in [0.1, 0.15) is 82.7 Å². The maximum Gasteiger partial charge on any atom is 0.267 e. The van der Waals surface area contributed by atoms with E-state index < -0.39 is 0 Å². The molecule has 14 nitrogen and oxygen atoms in total. The van der Waals surface area contributed by atoms with Crippen LogP contribution in [0.3, 0.4) is 0 Å². The maximum atomic E-state index is 13.3. The third-order valence-electron chi connectivity index (χ3n) is 10.2. The molecule has 2 heterocycles. The van der Waals surface area contributed by atoms with E-state index in [1.807, 2.05) is 12.1 Å². The average molecular weight is 696 g/mol. The topological polar surface area (TPSA) is 248 Å². The first-order chi connectivity index (χ1) is 24.6. The Balaban J connectivity index is 1.02. The fraction of sp³-hybridized carbons (Fsp3) is 0.432. The van der Waals surface area contributed by atoms with Gasteiger partial charge in [0, 0.05) is 59.2 Å². The van der Waals surface area contributed by atoms with Crippen molar-refractivity contribution in [3.63, 3.8) is 0 Å². The van der Waals surface area contributed by atoms with E-state index in [9.17, 15) is 14.4 Å². The normalized spacial score (nSPS) is 20.4. The zero-order chi connectivity index (χ0) is 35.9. The molecule has 0 spiro atoms. The predicted octanol–water partition coefficient (Wildman–Crippen LogP) is 3.52. The quantitative estimate of drug-likeness (QED) is 0.0787. The first-order valence-corrected chi connectivity index (χ1v) is 17.8. The summed E-state index contributed by atoms with van der Waals surface area (Å²) in [5.74, 6) is 1.20. The molecule has 2 fully saturated rings. The number of H-pyrrole nitrogens is 2. The van der Waals surface area contributed by atoms with Crippen LogP contribution in [0.4, 0.5) is 5.69 Å². The van der Waals surface area contributed by atoms with Crippen molar-refractivity contribution in [2.75, 3.05) is 31.5 Å². The molecule has 4 unspecified atom stereocenters. The highest BCUT2D eigenvalue weighted by Gasteiger charge is 2.24. The van der Waals surface area contributed by atoms with Gasteiger partial charge in [-0.1, -0.05) is 12.8 Å². The van der Waals surface area contributed by atoms with Crippen molar-refractivity contribution >= 4 is 57.1 Å². The van der Waals surface area contributed by atoms with E-state index in [0.717, 1.165) is 73.2 Å². The van der Waals surface area contributed by atoms with Gasteiger partial charge in [0.1, 0.15) is 11.4 Å². The molecule has 2 aliphatic carbocycles. The maximum absolute atomic E-state index is 13.3. The Morgan fingerprint density at radius 3 is 1.65 bits per heavy atom. The highest BCUT2D eigenvalue weighted by Crippen LogP contribution is 2.30. The number of nitrogens with one attached hydrogen (secondary N) is 5. The van der Waals surface area contributed by atoms with Gasteiger partial charge in [0.05, 0.1) is 0 Å². The number of aromatic amines is 2. The van der Waals surface area contributed by atoms with Crippen molar-refractivity contribution in [1.82, 2.24) is 20.6 Å². The van der Waals surface area contributed by atoms with Gasteiger partial charge < -0.3 is 48.9 Å². The van der Waals surface area contributed by atoms with Crippen molar-refractivity contribution in [3.05, 3.63) is 65.5 Å². The van der Waals surface area contributed by atoms with E-state index in [4.69, 9.17) is 22.9 Å². The summed E-state index contributed by atoms with van der Waals surface area (Å²) in [7, 11) is 0. The van der Waals surface area contributed by atoms with Crippen molar-refractivity contribution in [1.29, 1.82) is 0 Å². The third-order valence-corrected chi connectivity index (χ3v) is 10.2. The zero-order valence-corrected chi connectivity index (χ0v) is 28.8. The number of amides is 3. The number of nitrogens with two attached hydrogens (primary N) is 4. The molecule has 2 aromatic heterocycles. The molecular weight excluding hydrogens is 646 g/mol. The average Bonchev–Trinajstić information content (AvgIpc) is 3.76. The van der Waals surface area contributed by atoms with Gasteiger partial charge in [-0.2, -0.15) is 0 Å². The van der Waals surface area contributed by atoms with Gasteiger partial charge in [-0.15, -0.1) is 0 Å². The highest BCUT2D eigenvalue weighted by molar-refractivity contribution is 6.08. The standard InChI is InChI=1S/C37H49N11O3/c38-36(39)44-19-23-5-1-3-21(11-23)17-42-34(50)31-15-26-13-25(7-9-29(26)47-31)33(49)46-28-8-10-30-27(14-28)16-32(48-30)35(51)43-18-22-4-2-6-24(12-22)20-45-37(40)41/h7-10,13-16,21-24,47-48H,1-6,11-12,17-20H2,(H,42,50)(H,43,51)(H,46,49)(H4,38,39,44)(H4,40,41,45). The van der Waals surface area contributed by atoms with Crippen molar-refractivity contribution in [2.45, 2.75) is 51.4 Å². The van der Waals surface area contributed by atoms with E-state index >= 15 is 0 Å². The number of aliphatic imine (C=N–C) groups is 2. The Labute approximate surface area is 296 Å². The number of aromatic nitrogens is 2. The Kier molecular flexibility index (Phi) is 11.1. The summed E-state index contributed by atoms with van der Waals surface area (Å²) in [6.07, 6.45) is 8.43. The number of fused-ring (bicyclic) bond motifs is 2. The number of rotatable bonds is 12. The number of carbonyl (C=O) groups excluding carboxylic acids is 3. The second-order valence-corrected chi connectivity index (χ2v) is 14.2. The first-order valence-electron chi connectivity index (χ1n) is 17.8. The molecule has 2 saturated carbocycles. The molecule has 6 rings (SSSR count). The van der Waals surface area contributed by atoms with Crippen LogP contribution in [0.2, 0.25) is 0 Å². The minimum Gasteiger partial charge on any atom is -0.370 e. The molecular formula is C37H49N11O3. The highest BCUT2D eigenvalue weighted by atomic mass is 16.2. The lowest BCUT2D eigenvalue weighted by molar-refractivity contribution is 0.0928. The number of hydrogen-bond acceptors (Lipinski definition) is 5. The zero-order valence-electron chi connectivity index (χ0n) is 28.8. The van der Waals surface area contributed by atoms with Crippen LogP contribution in [0.15, 0.2) is 58.5 Å². The van der Waals surface area contributed by atoms with E-state index in [0.29, 0.717) is 72.5 Å². The Morgan fingerprint density at radius 1 is 0.627 bits per heavy atom. The van der Waals surface area contributed by atoms with Crippen LogP contribution >= 0.6 is 0 Å². The minimum absolute atomic E-state index is 0.113. The van der Waals surface area contributed by atoms with Gasteiger partial charge in [-0.3, -0.25) is 24.4 Å². The largest absolute Gasteiger partial charge is 0.370 e. The van der Waals surface area contributed by atoms with Gasteiger partial charge in [0.25, 0.3) is 17.7 Å². The van der Waals surface area contributed by atoms with Crippen LogP contribution < -0.4 is 38.9 Å². The van der Waals surface area contributed by atoms with Gasteiger partial charge in [0.15, 0.2) is 11.9 Å². The molecule has 0 aliphatic heterocycles. The SMILES string of the molecule is NC(N)=NCC1CCCC(CNC(=O)c2cc3cc(NC(=O)c4ccc5[nH]c(C(=O)NCC6CCCC(CN=C(N)N)C6)cc5c4)ccc3[nH]2)C1. The molecule has 3 amide bonds. The monoisotopic (exact) mass is 695 g/mol. The van der Waals surface area contributed by atoms with Gasteiger partial charge in [-0.05, 0) is 111 Å². The summed E-state index contributed by atoms with van der Waals surface area (Å²) < 4.78 is 0. The number of benzene rings is 2. The summed E-state index contributed by atoms with van der Waals surface area (Å²) in [4.78, 5) is 54.0. The van der Waals surface area contributed by atoms with E-state index in [1.54, 1.807) is 36.4 Å². The van der Waals surface area contributed by atoms with Crippen molar-refractivity contribution in [3.8, 4) is 0 Å². The van der Waals surface area contributed by atoms with Crippen molar-refractivity contribution in [2.24, 2.45) is 56.6 Å². The number of anilines is 1. The molecule has 14 heteroatoms. The molecule has 13 N–H and O–H groups in total. The first kappa shape index (κ1) is 35.3. The van der Waals surface area contributed by atoms with Crippen LogP contribution in [0.25, 0.3) is 21.8 Å². The van der Waals surface area contributed by atoms with Gasteiger partial charge in [0.2, 0.25) is 0 Å². The molecule has 4 atom stereocenters. The van der Waals surface area contributed by atoms with Crippen LogP contribution in [-0.2, 0) is 0 Å². The fourth-order valence-electron chi connectivity index (χ4n) is 7.57. The summed E-state index contributed by atoms with van der Waals surface area (Å²) in [6.45, 7) is 2.42. The van der Waals surface area contributed by atoms with Gasteiger partial charge >= 0.3 is 0 Å². The van der Waals surface area contributed by atoms with Gasteiger partial charge in [-0.25, -0.2) is 0 Å². The molecule has 0 saturated heterocycles.